The normalized spacial score (nSPS) is 10.9. The summed E-state index contributed by atoms with van der Waals surface area (Å²) in [6.45, 7) is 0. The fraction of sp³-hybridized carbons (Fsp3) is 0.143. The highest BCUT2D eigenvalue weighted by Gasteiger charge is 2.09. The highest BCUT2D eigenvalue weighted by Crippen LogP contribution is 2.25. The molecular formula is C14H11F2N3S. The molecule has 1 N–H and O–H groups in total. The number of halogens is 2. The van der Waals surface area contributed by atoms with Gasteiger partial charge in [-0.2, -0.15) is 0 Å². The van der Waals surface area contributed by atoms with Crippen molar-refractivity contribution >= 4 is 27.4 Å². The fourth-order valence-electron chi connectivity index (χ4n) is 2.06. The SMILES string of the molecule is CNc1nc(Cc2cc(F)cc(F)c2)nc2sccc12. The Hall–Kier alpha value is -2.08. The van der Waals surface area contributed by atoms with Gasteiger partial charge in [0.1, 0.15) is 28.1 Å². The molecule has 3 nitrogen and oxygen atoms in total. The topological polar surface area (TPSA) is 37.8 Å². The summed E-state index contributed by atoms with van der Waals surface area (Å²) in [5.74, 6) is 0.0782. The summed E-state index contributed by atoms with van der Waals surface area (Å²) in [6, 6.07) is 5.39. The van der Waals surface area contributed by atoms with Crippen molar-refractivity contribution in [2.45, 2.75) is 6.42 Å². The van der Waals surface area contributed by atoms with Crippen LogP contribution in [0.3, 0.4) is 0 Å². The lowest BCUT2D eigenvalue weighted by Crippen LogP contribution is -2.01. The van der Waals surface area contributed by atoms with Crippen molar-refractivity contribution in [3.63, 3.8) is 0 Å². The van der Waals surface area contributed by atoms with Crippen LogP contribution in [0.1, 0.15) is 11.4 Å². The minimum atomic E-state index is -0.592. The van der Waals surface area contributed by atoms with E-state index in [2.05, 4.69) is 15.3 Å². The van der Waals surface area contributed by atoms with Gasteiger partial charge < -0.3 is 5.32 Å². The number of anilines is 1. The van der Waals surface area contributed by atoms with Crippen molar-refractivity contribution in [3.8, 4) is 0 Å². The van der Waals surface area contributed by atoms with Crippen molar-refractivity contribution in [2.75, 3.05) is 12.4 Å². The standard InChI is InChI=1S/C14H11F2N3S/c1-17-13-11-2-3-20-14(11)19-12(18-13)6-8-4-9(15)7-10(16)5-8/h2-5,7H,6H2,1H3,(H,17,18,19). The molecule has 0 aliphatic carbocycles. The maximum Gasteiger partial charge on any atom is 0.138 e. The van der Waals surface area contributed by atoms with E-state index >= 15 is 0 Å². The molecule has 0 bridgehead atoms. The van der Waals surface area contributed by atoms with E-state index in [1.54, 1.807) is 7.05 Å². The number of fused-ring (bicyclic) bond motifs is 1. The summed E-state index contributed by atoms with van der Waals surface area (Å²) < 4.78 is 26.4. The van der Waals surface area contributed by atoms with Crippen LogP contribution in [0.4, 0.5) is 14.6 Å². The number of aromatic nitrogens is 2. The molecule has 0 saturated carbocycles. The van der Waals surface area contributed by atoms with E-state index in [0.717, 1.165) is 22.1 Å². The molecule has 0 aliphatic heterocycles. The van der Waals surface area contributed by atoms with E-state index in [1.165, 1.54) is 23.5 Å². The molecule has 0 spiro atoms. The van der Waals surface area contributed by atoms with E-state index in [9.17, 15) is 8.78 Å². The van der Waals surface area contributed by atoms with Gasteiger partial charge in [-0.05, 0) is 29.1 Å². The monoisotopic (exact) mass is 291 g/mol. The molecule has 1 aromatic carbocycles. The molecular weight excluding hydrogens is 280 g/mol. The van der Waals surface area contributed by atoms with Crippen LogP contribution in [0.25, 0.3) is 10.2 Å². The molecule has 0 saturated heterocycles. The van der Waals surface area contributed by atoms with Gasteiger partial charge in [-0.1, -0.05) is 0 Å². The van der Waals surface area contributed by atoms with Crippen LogP contribution >= 0.6 is 11.3 Å². The van der Waals surface area contributed by atoms with Gasteiger partial charge in [0.2, 0.25) is 0 Å². The predicted octanol–water partition coefficient (Wildman–Crippen LogP) is 3.60. The summed E-state index contributed by atoms with van der Waals surface area (Å²) in [5.41, 5.74) is 0.514. The lowest BCUT2D eigenvalue weighted by molar-refractivity contribution is 0.580. The lowest BCUT2D eigenvalue weighted by atomic mass is 10.1. The van der Waals surface area contributed by atoms with Gasteiger partial charge in [-0.25, -0.2) is 18.7 Å². The Labute approximate surface area is 118 Å². The average molecular weight is 291 g/mol. The summed E-state index contributed by atoms with van der Waals surface area (Å²) in [5, 5.41) is 5.90. The van der Waals surface area contributed by atoms with Crippen molar-refractivity contribution in [1.29, 1.82) is 0 Å². The third-order valence-corrected chi connectivity index (χ3v) is 3.70. The molecule has 0 fully saturated rings. The van der Waals surface area contributed by atoms with Crippen molar-refractivity contribution < 1.29 is 8.78 Å². The second kappa shape index (κ2) is 5.13. The highest BCUT2D eigenvalue weighted by molar-refractivity contribution is 7.16. The predicted molar refractivity (Wildman–Crippen MR) is 76.1 cm³/mol. The Morgan fingerprint density at radius 3 is 2.60 bits per heavy atom. The van der Waals surface area contributed by atoms with Crippen LogP contribution in [0.5, 0.6) is 0 Å². The summed E-state index contributed by atoms with van der Waals surface area (Å²) in [4.78, 5) is 9.66. The van der Waals surface area contributed by atoms with Crippen LogP contribution < -0.4 is 5.32 Å². The summed E-state index contributed by atoms with van der Waals surface area (Å²) in [6.07, 6.45) is 0.289. The third-order valence-electron chi connectivity index (χ3n) is 2.89. The van der Waals surface area contributed by atoms with Crippen LogP contribution in [-0.2, 0) is 6.42 Å². The zero-order chi connectivity index (χ0) is 14.1. The van der Waals surface area contributed by atoms with Gasteiger partial charge in [0, 0.05) is 19.5 Å². The average Bonchev–Trinajstić information content (AvgIpc) is 2.84. The first-order valence-electron chi connectivity index (χ1n) is 6.02. The van der Waals surface area contributed by atoms with Gasteiger partial charge in [0.05, 0.1) is 5.39 Å². The van der Waals surface area contributed by atoms with Crippen LogP contribution in [-0.4, -0.2) is 17.0 Å². The second-order valence-corrected chi connectivity index (χ2v) is 5.23. The molecule has 0 amide bonds. The van der Waals surface area contributed by atoms with Crippen molar-refractivity contribution in [2.24, 2.45) is 0 Å². The van der Waals surface area contributed by atoms with E-state index in [-0.39, 0.29) is 6.42 Å². The Kier molecular flexibility index (Phi) is 3.31. The first-order chi connectivity index (χ1) is 9.65. The highest BCUT2D eigenvalue weighted by atomic mass is 32.1. The number of nitrogens with zero attached hydrogens (tertiary/aromatic N) is 2. The Bertz CT molecular complexity index is 750. The van der Waals surface area contributed by atoms with Crippen molar-refractivity contribution in [3.05, 3.63) is 52.7 Å². The van der Waals surface area contributed by atoms with Crippen molar-refractivity contribution in [1.82, 2.24) is 9.97 Å². The molecule has 2 aromatic heterocycles. The number of hydrogen-bond donors (Lipinski definition) is 1. The first kappa shape index (κ1) is 12.9. The second-order valence-electron chi connectivity index (χ2n) is 4.33. The first-order valence-corrected chi connectivity index (χ1v) is 6.90. The Balaban J connectivity index is 2.01. The number of nitrogens with one attached hydrogen (secondary N) is 1. The van der Waals surface area contributed by atoms with E-state index in [4.69, 9.17) is 0 Å². The Morgan fingerprint density at radius 1 is 1.15 bits per heavy atom. The minimum Gasteiger partial charge on any atom is -0.372 e. The van der Waals surface area contributed by atoms with Gasteiger partial charge in [0.25, 0.3) is 0 Å². The lowest BCUT2D eigenvalue weighted by Gasteiger charge is -2.06. The minimum absolute atomic E-state index is 0.289. The zero-order valence-electron chi connectivity index (χ0n) is 10.7. The molecule has 0 unspecified atom stereocenters. The number of hydrogen-bond acceptors (Lipinski definition) is 4. The molecule has 20 heavy (non-hydrogen) atoms. The number of thiophene rings is 1. The molecule has 102 valence electrons. The molecule has 0 atom stereocenters. The van der Waals surface area contributed by atoms with Crippen LogP contribution in [0.2, 0.25) is 0 Å². The third kappa shape index (κ3) is 2.46. The van der Waals surface area contributed by atoms with Gasteiger partial charge in [-0.3, -0.25) is 0 Å². The number of rotatable bonds is 3. The molecule has 2 heterocycles. The quantitative estimate of drug-likeness (QED) is 0.801. The maximum atomic E-state index is 13.2. The van der Waals surface area contributed by atoms with E-state index in [1.807, 2.05) is 11.4 Å². The fourth-order valence-corrected chi connectivity index (χ4v) is 2.85. The van der Waals surface area contributed by atoms with E-state index in [0.29, 0.717) is 11.4 Å². The van der Waals surface area contributed by atoms with Gasteiger partial charge in [-0.15, -0.1) is 11.3 Å². The summed E-state index contributed by atoms with van der Waals surface area (Å²) >= 11 is 1.51. The molecule has 3 rings (SSSR count). The largest absolute Gasteiger partial charge is 0.372 e. The molecule has 3 aromatic rings. The Morgan fingerprint density at radius 2 is 1.90 bits per heavy atom. The van der Waals surface area contributed by atoms with E-state index < -0.39 is 11.6 Å². The smallest absolute Gasteiger partial charge is 0.138 e. The van der Waals surface area contributed by atoms with Gasteiger partial charge >= 0.3 is 0 Å². The molecule has 6 heteroatoms. The summed E-state index contributed by atoms with van der Waals surface area (Å²) in [7, 11) is 1.78. The molecule has 0 radical (unpaired) electrons. The van der Waals surface area contributed by atoms with Gasteiger partial charge in [0.15, 0.2) is 0 Å². The molecule has 0 aliphatic rings. The zero-order valence-corrected chi connectivity index (χ0v) is 11.5. The van der Waals surface area contributed by atoms with Crippen LogP contribution in [0, 0.1) is 11.6 Å². The number of benzene rings is 1. The van der Waals surface area contributed by atoms with Crippen LogP contribution in [0.15, 0.2) is 29.6 Å². The maximum absolute atomic E-state index is 13.2.